The molecule has 0 aliphatic carbocycles. The Labute approximate surface area is 155 Å². The van der Waals surface area contributed by atoms with Crippen molar-refractivity contribution in [2.45, 2.75) is 37.8 Å². The Hall–Kier alpha value is -2.12. The van der Waals surface area contributed by atoms with E-state index in [2.05, 4.69) is 40.6 Å². The molecule has 1 aromatic carbocycles. The summed E-state index contributed by atoms with van der Waals surface area (Å²) >= 11 is 3.24. The van der Waals surface area contributed by atoms with Gasteiger partial charge in [0.2, 0.25) is 5.82 Å². The van der Waals surface area contributed by atoms with E-state index in [-0.39, 0.29) is 5.56 Å². The van der Waals surface area contributed by atoms with Crippen molar-refractivity contribution in [3.8, 4) is 0 Å². The third kappa shape index (κ3) is 4.49. The number of thioether (sulfide) groups is 1. The first-order valence-electron chi connectivity index (χ1n) is 8.09. The summed E-state index contributed by atoms with van der Waals surface area (Å²) in [6.07, 6.45) is 0. The molecule has 0 aliphatic rings. The molecule has 0 amide bonds. The number of benzene rings is 1. The van der Waals surface area contributed by atoms with Crippen molar-refractivity contribution >= 4 is 28.9 Å². The molecule has 2 heterocycles. The maximum Gasteiger partial charge on any atom is 0.297 e. The van der Waals surface area contributed by atoms with Gasteiger partial charge in [0.15, 0.2) is 5.16 Å². The Balaban J connectivity index is 1.72. The zero-order chi connectivity index (χ0) is 17.6. The lowest BCUT2D eigenvalue weighted by Gasteiger charge is -2.11. The maximum atomic E-state index is 12.6. The van der Waals surface area contributed by atoms with Gasteiger partial charge < -0.3 is 5.32 Å². The molecule has 2 aromatic heterocycles. The Bertz CT molecular complexity index is 873. The molecule has 0 saturated carbocycles. The third-order valence-corrected chi connectivity index (χ3v) is 5.81. The molecule has 7 heteroatoms. The van der Waals surface area contributed by atoms with Gasteiger partial charge in [0.05, 0.1) is 0 Å². The van der Waals surface area contributed by atoms with Crippen LogP contribution in [0.1, 0.15) is 22.9 Å². The molecular formula is C18H20N4OS2. The molecule has 25 heavy (non-hydrogen) atoms. The smallest absolute Gasteiger partial charge is 0.297 e. The van der Waals surface area contributed by atoms with Gasteiger partial charge in [-0.05, 0) is 30.9 Å². The molecule has 0 spiro atoms. The summed E-state index contributed by atoms with van der Waals surface area (Å²) in [4.78, 5) is 13.9. The predicted octanol–water partition coefficient (Wildman–Crippen LogP) is 3.93. The van der Waals surface area contributed by atoms with Crippen molar-refractivity contribution in [3.63, 3.8) is 0 Å². The molecule has 3 rings (SSSR count). The highest BCUT2D eigenvalue weighted by molar-refractivity contribution is 7.98. The zero-order valence-corrected chi connectivity index (χ0v) is 15.9. The van der Waals surface area contributed by atoms with E-state index in [0.717, 1.165) is 11.3 Å². The van der Waals surface area contributed by atoms with Crippen molar-refractivity contribution in [1.29, 1.82) is 0 Å². The van der Waals surface area contributed by atoms with Crippen LogP contribution in [0, 0.1) is 6.92 Å². The summed E-state index contributed by atoms with van der Waals surface area (Å²) in [6.45, 7) is 5.12. The molecule has 0 aliphatic heterocycles. The van der Waals surface area contributed by atoms with Crippen LogP contribution in [0.5, 0.6) is 0 Å². The van der Waals surface area contributed by atoms with Crippen LogP contribution in [-0.2, 0) is 18.8 Å². The molecule has 0 fully saturated rings. The lowest BCUT2D eigenvalue weighted by atomic mass is 10.1. The van der Waals surface area contributed by atoms with Gasteiger partial charge in [-0.2, -0.15) is 0 Å². The number of hydrogen-bond donors (Lipinski definition) is 1. The Morgan fingerprint density at radius 2 is 2.00 bits per heavy atom. The van der Waals surface area contributed by atoms with E-state index >= 15 is 0 Å². The first-order chi connectivity index (χ1) is 12.2. The van der Waals surface area contributed by atoms with Gasteiger partial charge in [-0.3, -0.25) is 9.36 Å². The van der Waals surface area contributed by atoms with Crippen LogP contribution in [0.3, 0.4) is 0 Å². The Kier molecular flexibility index (Phi) is 5.88. The zero-order valence-electron chi connectivity index (χ0n) is 14.2. The van der Waals surface area contributed by atoms with Crippen molar-refractivity contribution in [3.05, 3.63) is 68.1 Å². The first kappa shape index (κ1) is 17.7. The molecule has 0 saturated heterocycles. The fourth-order valence-corrected chi connectivity index (χ4v) is 4.09. The number of thiophene rings is 1. The Morgan fingerprint density at radius 3 is 2.68 bits per heavy atom. The van der Waals surface area contributed by atoms with Crippen LogP contribution < -0.4 is 10.9 Å². The van der Waals surface area contributed by atoms with Crippen LogP contribution >= 0.6 is 23.1 Å². The maximum absolute atomic E-state index is 12.6. The fourth-order valence-electron chi connectivity index (χ4n) is 2.32. The van der Waals surface area contributed by atoms with Crippen LogP contribution in [0.2, 0.25) is 0 Å². The number of aromatic nitrogens is 3. The second kappa shape index (κ2) is 8.31. The lowest BCUT2D eigenvalue weighted by Crippen LogP contribution is -2.27. The van der Waals surface area contributed by atoms with E-state index in [4.69, 9.17) is 0 Å². The van der Waals surface area contributed by atoms with Crippen molar-refractivity contribution in [2.75, 3.05) is 5.32 Å². The highest BCUT2D eigenvalue weighted by Gasteiger charge is 2.12. The van der Waals surface area contributed by atoms with Crippen molar-refractivity contribution in [1.82, 2.24) is 14.8 Å². The SMILES string of the molecule is CCn1c(SCc2cccs2)nnc(NCc2ccc(C)cc2)c1=O. The summed E-state index contributed by atoms with van der Waals surface area (Å²) in [5.74, 6) is 1.09. The summed E-state index contributed by atoms with van der Waals surface area (Å²) in [5.41, 5.74) is 2.19. The number of aryl methyl sites for hydroxylation is 1. The van der Waals surface area contributed by atoms with Crippen LogP contribution in [0.25, 0.3) is 0 Å². The molecular weight excluding hydrogens is 352 g/mol. The van der Waals surface area contributed by atoms with Crippen molar-refractivity contribution < 1.29 is 0 Å². The summed E-state index contributed by atoms with van der Waals surface area (Å²) in [7, 11) is 0. The number of hydrogen-bond acceptors (Lipinski definition) is 6. The predicted molar refractivity (Wildman–Crippen MR) is 104 cm³/mol. The van der Waals surface area contributed by atoms with Gasteiger partial charge in [0, 0.05) is 23.7 Å². The number of anilines is 1. The normalized spacial score (nSPS) is 10.8. The molecule has 0 radical (unpaired) electrons. The highest BCUT2D eigenvalue weighted by atomic mass is 32.2. The second-order valence-corrected chi connectivity index (χ2v) is 7.56. The quantitative estimate of drug-likeness (QED) is 0.637. The van der Waals surface area contributed by atoms with E-state index in [1.54, 1.807) is 27.7 Å². The summed E-state index contributed by atoms with van der Waals surface area (Å²) in [5, 5.41) is 14.2. The van der Waals surface area contributed by atoms with E-state index in [0.29, 0.717) is 24.1 Å². The minimum Gasteiger partial charge on any atom is -0.360 e. The molecule has 0 atom stereocenters. The first-order valence-corrected chi connectivity index (χ1v) is 9.96. The largest absolute Gasteiger partial charge is 0.360 e. The highest BCUT2D eigenvalue weighted by Crippen LogP contribution is 2.22. The topological polar surface area (TPSA) is 59.8 Å². The van der Waals surface area contributed by atoms with Crippen molar-refractivity contribution in [2.24, 2.45) is 0 Å². The summed E-state index contributed by atoms with van der Waals surface area (Å²) in [6, 6.07) is 12.3. The van der Waals surface area contributed by atoms with Gasteiger partial charge in [-0.25, -0.2) is 0 Å². The van der Waals surface area contributed by atoms with Gasteiger partial charge in [-0.1, -0.05) is 47.7 Å². The van der Waals surface area contributed by atoms with Crippen LogP contribution in [0.15, 0.2) is 51.7 Å². The van der Waals surface area contributed by atoms with E-state index in [1.807, 2.05) is 30.5 Å². The standard InChI is InChI=1S/C18H20N4OS2/c1-3-22-17(23)16(19-11-14-8-6-13(2)7-9-14)20-21-18(22)25-12-15-5-4-10-24-15/h4-10H,3,11-12H2,1-2H3,(H,19,20). The second-order valence-electron chi connectivity index (χ2n) is 5.59. The molecule has 3 aromatic rings. The van der Waals surface area contributed by atoms with Crippen LogP contribution in [-0.4, -0.2) is 14.8 Å². The van der Waals surface area contributed by atoms with Gasteiger partial charge in [0.1, 0.15) is 0 Å². The van der Waals surface area contributed by atoms with E-state index < -0.39 is 0 Å². The molecule has 1 N–H and O–H groups in total. The van der Waals surface area contributed by atoms with Gasteiger partial charge in [0.25, 0.3) is 5.56 Å². The monoisotopic (exact) mass is 372 g/mol. The molecule has 0 unspecified atom stereocenters. The fraction of sp³-hybridized carbons (Fsp3) is 0.278. The number of rotatable bonds is 7. The average Bonchev–Trinajstić information content (AvgIpc) is 3.14. The Morgan fingerprint density at radius 1 is 1.20 bits per heavy atom. The number of nitrogens with zero attached hydrogens (tertiary/aromatic N) is 3. The average molecular weight is 373 g/mol. The minimum absolute atomic E-state index is 0.127. The van der Waals surface area contributed by atoms with E-state index in [1.165, 1.54) is 10.4 Å². The molecule has 130 valence electrons. The number of nitrogens with one attached hydrogen (secondary N) is 1. The van der Waals surface area contributed by atoms with E-state index in [9.17, 15) is 4.79 Å². The minimum atomic E-state index is -0.127. The van der Waals surface area contributed by atoms with Gasteiger partial charge in [-0.15, -0.1) is 21.5 Å². The van der Waals surface area contributed by atoms with Gasteiger partial charge >= 0.3 is 0 Å². The summed E-state index contributed by atoms with van der Waals surface area (Å²) < 4.78 is 1.67. The third-order valence-electron chi connectivity index (χ3n) is 3.73. The molecule has 0 bridgehead atoms. The van der Waals surface area contributed by atoms with Crippen LogP contribution in [0.4, 0.5) is 5.82 Å². The lowest BCUT2D eigenvalue weighted by molar-refractivity contribution is 0.595. The molecule has 5 nitrogen and oxygen atoms in total.